The fourth-order valence-corrected chi connectivity index (χ4v) is 4.80. The van der Waals surface area contributed by atoms with Crippen molar-refractivity contribution >= 4 is 23.6 Å². The molecule has 0 spiro atoms. The number of rotatable bonds is 6. The van der Waals surface area contributed by atoms with E-state index in [0.29, 0.717) is 65.0 Å². The largest absolute Gasteiger partial charge is 0.377 e. The van der Waals surface area contributed by atoms with Gasteiger partial charge in [-0.2, -0.15) is 0 Å². The third kappa shape index (κ3) is 14.1. The first-order valence-electron chi connectivity index (χ1n) is 14.1. The molecule has 2 rings (SSSR count). The van der Waals surface area contributed by atoms with Crippen molar-refractivity contribution in [1.29, 1.82) is 0 Å². The number of amides is 4. The third-order valence-corrected chi connectivity index (χ3v) is 6.79. The highest BCUT2D eigenvalue weighted by atomic mass is 16.5. The average Bonchev–Trinajstić information content (AvgIpc) is 2.84. The Kier molecular flexibility index (Phi) is 14.6. The minimum atomic E-state index is -0.680. The van der Waals surface area contributed by atoms with Crippen LogP contribution >= 0.6 is 0 Å². The predicted molar refractivity (Wildman–Crippen MR) is 144 cm³/mol. The van der Waals surface area contributed by atoms with E-state index in [-0.39, 0.29) is 54.1 Å². The van der Waals surface area contributed by atoms with Crippen molar-refractivity contribution in [1.82, 2.24) is 26.6 Å². The van der Waals surface area contributed by atoms with E-state index in [0.717, 1.165) is 25.9 Å². The Morgan fingerprint density at radius 1 is 0.921 bits per heavy atom. The molecule has 2 aliphatic heterocycles. The number of nitrogens with one attached hydrogen (secondary N) is 5. The fourth-order valence-electron chi connectivity index (χ4n) is 4.80. The van der Waals surface area contributed by atoms with Crippen molar-refractivity contribution in [3.63, 3.8) is 0 Å². The Morgan fingerprint density at radius 3 is 2.47 bits per heavy atom. The highest BCUT2D eigenvalue weighted by molar-refractivity contribution is 5.88. The lowest BCUT2D eigenvalue weighted by atomic mass is 9.81. The van der Waals surface area contributed by atoms with Crippen molar-refractivity contribution in [3.8, 4) is 0 Å². The highest BCUT2D eigenvalue weighted by Gasteiger charge is 2.27. The first kappa shape index (κ1) is 32.0. The highest BCUT2D eigenvalue weighted by Crippen LogP contribution is 2.25. The molecule has 4 amide bonds. The van der Waals surface area contributed by atoms with Crippen molar-refractivity contribution in [2.75, 3.05) is 59.2 Å². The van der Waals surface area contributed by atoms with Gasteiger partial charge in [0.15, 0.2) is 0 Å². The van der Waals surface area contributed by atoms with E-state index < -0.39 is 6.04 Å². The molecule has 2 heterocycles. The van der Waals surface area contributed by atoms with Gasteiger partial charge >= 0.3 is 0 Å². The molecule has 5 N–H and O–H groups in total. The van der Waals surface area contributed by atoms with Gasteiger partial charge in [0, 0.05) is 32.5 Å². The summed E-state index contributed by atoms with van der Waals surface area (Å²) >= 11 is 0. The van der Waals surface area contributed by atoms with Gasteiger partial charge in [-0.1, -0.05) is 20.8 Å². The molecule has 0 aromatic heterocycles. The van der Waals surface area contributed by atoms with Crippen LogP contribution in [0.15, 0.2) is 0 Å². The van der Waals surface area contributed by atoms with Crippen molar-refractivity contribution < 1.29 is 28.7 Å². The molecule has 11 heteroatoms. The number of ether oxygens (including phenoxy) is 2. The van der Waals surface area contributed by atoms with Crippen LogP contribution in [0.1, 0.15) is 65.7 Å². The molecule has 0 radical (unpaired) electrons. The normalized spacial score (nSPS) is 25.4. The summed E-state index contributed by atoms with van der Waals surface area (Å²) in [6.07, 6.45) is 4.45. The molecule has 11 nitrogen and oxygen atoms in total. The predicted octanol–water partition coefficient (Wildman–Crippen LogP) is 0.479. The number of carbonyl (C=O) groups excluding carboxylic acids is 4. The standard InChI is InChI=1S/C27H49N5O6/c1-27(2,3)17-24(34)29-9-5-4-6-22-26(36)31-11-8-21-18-28-10-7-20(21)16-23(33)30-12-13-37-14-15-38-19-25(35)32-22/h20-22,28H,4-19H2,1-3H3,(H,29,34)(H,30,33)(H,31,36)(H,32,35)/t20-,21-,22-/m0/s1. The van der Waals surface area contributed by atoms with Crippen LogP contribution in [0.5, 0.6) is 0 Å². The average molecular weight is 540 g/mol. The monoisotopic (exact) mass is 539 g/mol. The Balaban J connectivity index is 1.90. The molecule has 0 aromatic carbocycles. The van der Waals surface area contributed by atoms with Crippen LogP contribution in [-0.2, 0) is 28.7 Å². The molecule has 0 aliphatic carbocycles. The molecule has 3 atom stereocenters. The number of unbranched alkanes of at least 4 members (excludes halogenated alkanes) is 1. The summed E-state index contributed by atoms with van der Waals surface area (Å²) < 4.78 is 10.9. The lowest BCUT2D eigenvalue weighted by Gasteiger charge is -2.32. The third-order valence-electron chi connectivity index (χ3n) is 6.79. The lowest BCUT2D eigenvalue weighted by molar-refractivity contribution is -0.132. The van der Waals surface area contributed by atoms with Crippen LogP contribution in [0.25, 0.3) is 0 Å². The van der Waals surface area contributed by atoms with Crippen molar-refractivity contribution in [2.45, 2.75) is 71.8 Å². The van der Waals surface area contributed by atoms with Crippen molar-refractivity contribution in [3.05, 3.63) is 0 Å². The quantitative estimate of drug-likeness (QED) is 0.309. The second-order valence-electron chi connectivity index (χ2n) is 11.5. The Bertz CT molecular complexity index is 757. The number of hydrogen-bond donors (Lipinski definition) is 5. The van der Waals surface area contributed by atoms with Gasteiger partial charge in [-0.15, -0.1) is 0 Å². The molecule has 38 heavy (non-hydrogen) atoms. The molecule has 0 aromatic rings. The molecule has 2 aliphatic rings. The zero-order chi connectivity index (χ0) is 27.8. The molecule has 0 bridgehead atoms. The van der Waals surface area contributed by atoms with Gasteiger partial charge in [0.25, 0.3) is 0 Å². The number of piperidine rings is 1. The van der Waals surface area contributed by atoms with Crippen LogP contribution in [0.4, 0.5) is 0 Å². The first-order valence-corrected chi connectivity index (χ1v) is 14.1. The minimum absolute atomic E-state index is 0.0181. The SMILES string of the molecule is CC(C)(C)CC(=O)NCCCC[C@@H]1NC(=O)COCCOCCNC(=O)C[C@@H]2CCNC[C@@H]2CCNC1=O. The van der Waals surface area contributed by atoms with Gasteiger partial charge in [0.2, 0.25) is 23.6 Å². The zero-order valence-electron chi connectivity index (χ0n) is 23.5. The summed E-state index contributed by atoms with van der Waals surface area (Å²) in [6, 6.07) is -0.680. The van der Waals surface area contributed by atoms with Crippen LogP contribution in [0.3, 0.4) is 0 Å². The van der Waals surface area contributed by atoms with Gasteiger partial charge in [-0.05, 0) is 62.4 Å². The fraction of sp³-hybridized carbons (Fsp3) is 0.852. The van der Waals surface area contributed by atoms with Gasteiger partial charge in [-0.25, -0.2) is 0 Å². The van der Waals surface area contributed by atoms with E-state index in [4.69, 9.17) is 9.47 Å². The summed E-state index contributed by atoms with van der Waals surface area (Å²) in [7, 11) is 0. The van der Waals surface area contributed by atoms with Gasteiger partial charge in [0.1, 0.15) is 12.6 Å². The van der Waals surface area contributed by atoms with E-state index in [9.17, 15) is 19.2 Å². The maximum Gasteiger partial charge on any atom is 0.246 e. The molecular formula is C27H49N5O6. The molecule has 2 saturated heterocycles. The number of hydrogen-bond acceptors (Lipinski definition) is 7. The molecule has 218 valence electrons. The maximum absolute atomic E-state index is 13.0. The summed E-state index contributed by atoms with van der Waals surface area (Å²) in [6.45, 7) is 9.97. The second kappa shape index (κ2) is 17.4. The zero-order valence-corrected chi connectivity index (χ0v) is 23.5. The van der Waals surface area contributed by atoms with Crippen molar-refractivity contribution in [2.24, 2.45) is 17.3 Å². The topological polar surface area (TPSA) is 147 Å². The van der Waals surface area contributed by atoms with E-state index in [1.54, 1.807) is 0 Å². The Labute approximate surface area is 227 Å². The minimum Gasteiger partial charge on any atom is -0.377 e. The summed E-state index contributed by atoms with van der Waals surface area (Å²) in [5.41, 5.74) is -0.0674. The van der Waals surface area contributed by atoms with Crippen LogP contribution in [-0.4, -0.2) is 88.8 Å². The van der Waals surface area contributed by atoms with Gasteiger partial charge in [0.05, 0.1) is 19.8 Å². The molecule has 2 fully saturated rings. The van der Waals surface area contributed by atoms with E-state index in [1.165, 1.54) is 0 Å². The Morgan fingerprint density at radius 2 is 1.68 bits per heavy atom. The second-order valence-corrected chi connectivity index (χ2v) is 11.5. The van der Waals surface area contributed by atoms with Gasteiger partial charge < -0.3 is 36.1 Å². The van der Waals surface area contributed by atoms with E-state index in [1.807, 2.05) is 20.8 Å². The van der Waals surface area contributed by atoms with E-state index >= 15 is 0 Å². The van der Waals surface area contributed by atoms with Crippen LogP contribution in [0.2, 0.25) is 0 Å². The summed E-state index contributed by atoms with van der Waals surface area (Å²) in [5.74, 6) is -0.00245. The molecule has 0 unspecified atom stereocenters. The number of fused-ring (bicyclic) bond motifs is 1. The maximum atomic E-state index is 13.0. The number of carbonyl (C=O) groups is 4. The van der Waals surface area contributed by atoms with Gasteiger partial charge in [-0.3, -0.25) is 19.2 Å². The van der Waals surface area contributed by atoms with Crippen LogP contribution in [0, 0.1) is 17.3 Å². The summed E-state index contributed by atoms with van der Waals surface area (Å²) in [5, 5.41) is 15.0. The molecule has 0 saturated carbocycles. The van der Waals surface area contributed by atoms with Crippen LogP contribution < -0.4 is 26.6 Å². The smallest absolute Gasteiger partial charge is 0.246 e. The first-order chi connectivity index (χ1) is 18.1. The lowest BCUT2D eigenvalue weighted by Crippen LogP contribution is -2.48. The van der Waals surface area contributed by atoms with E-state index in [2.05, 4.69) is 26.6 Å². The molecular weight excluding hydrogens is 490 g/mol. The summed E-state index contributed by atoms with van der Waals surface area (Å²) in [4.78, 5) is 49.9. The Hall–Kier alpha value is -2.24.